The van der Waals surface area contributed by atoms with Crippen molar-refractivity contribution in [3.05, 3.63) is 29.3 Å². The van der Waals surface area contributed by atoms with Crippen molar-refractivity contribution in [2.24, 2.45) is 5.92 Å². The Hall–Kier alpha value is -2.57. The lowest BCUT2D eigenvalue weighted by Gasteiger charge is -2.17. The van der Waals surface area contributed by atoms with Crippen LogP contribution in [0.3, 0.4) is 0 Å². The highest BCUT2D eigenvalue weighted by Gasteiger charge is 2.16. The standard InChI is InChI=1S/C19H27NO6/c1-6-24-18(22)14-8-15(19(23)25-7-2)10-16(9-14)26-11-17(21)20-13(5)12(3)4/h8-10,12-13H,6-7,11H2,1-5H3,(H,20,21)/t13-/m0/s1. The summed E-state index contributed by atoms with van der Waals surface area (Å²) in [6, 6.07) is 4.25. The molecular formula is C19H27NO6. The molecule has 0 bridgehead atoms. The minimum absolute atomic E-state index is 0.00654. The smallest absolute Gasteiger partial charge is 0.338 e. The van der Waals surface area contributed by atoms with Gasteiger partial charge in [0.25, 0.3) is 5.91 Å². The Kier molecular flexibility index (Phi) is 8.61. The Balaban J connectivity index is 2.93. The SMILES string of the molecule is CCOC(=O)c1cc(OCC(=O)N[C@@H](C)C(C)C)cc(C(=O)OCC)c1. The van der Waals surface area contributed by atoms with E-state index in [2.05, 4.69) is 5.32 Å². The first-order valence-corrected chi connectivity index (χ1v) is 8.69. The summed E-state index contributed by atoms with van der Waals surface area (Å²) >= 11 is 0. The van der Waals surface area contributed by atoms with Crippen LogP contribution in [0, 0.1) is 5.92 Å². The molecule has 144 valence electrons. The lowest BCUT2D eigenvalue weighted by atomic mass is 10.1. The summed E-state index contributed by atoms with van der Waals surface area (Å²) in [4.78, 5) is 35.9. The minimum atomic E-state index is -0.582. The third kappa shape index (κ3) is 6.74. The van der Waals surface area contributed by atoms with Gasteiger partial charge in [-0.1, -0.05) is 13.8 Å². The van der Waals surface area contributed by atoms with Gasteiger partial charge in [0.15, 0.2) is 6.61 Å². The van der Waals surface area contributed by atoms with Gasteiger partial charge < -0.3 is 19.5 Å². The molecule has 1 atom stereocenters. The van der Waals surface area contributed by atoms with Crippen LogP contribution < -0.4 is 10.1 Å². The van der Waals surface area contributed by atoms with E-state index in [1.807, 2.05) is 20.8 Å². The van der Waals surface area contributed by atoms with E-state index in [4.69, 9.17) is 14.2 Å². The molecule has 1 rings (SSSR count). The van der Waals surface area contributed by atoms with E-state index in [0.29, 0.717) is 5.92 Å². The number of benzene rings is 1. The zero-order valence-corrected chi connectivity index (χ0v) is 16.0. The van der Waals surface area contributed by atoms with Crippen LogP contribution in [-0.4, -0.2) is 43.7 Å². The van der Waals surface area contributed by atoms with Crippen LogP contribution >= 0.6 is 0 Å². The van der Waals surface area contributed by atoms with Gasteiger partial charge in [-0.05, 0) is 44.9 Å². The summed E-state index contributed by atoms with van der Waals surface area (Å²) in [5.41, 5.74) is 0.312. The van der Waals surface area contributed by atoms with Gasteiger partial charge in [0, 0.05) is 6.04 Å². The summed E-state index contributed by atoms with van der Waals surface area (Å²) in [5.74, 6) is -0.944. The highest BCUT2D eigenvalue weighted by molar-refractivity contribution is 5.96. The Labute approximate surface area is 154 Å². The van der Waals surface area contributed by atoms with Gasteiger partial charge in [-0.25, -0.2) is 9.59 Å². The number of esters is 2. The number of nitrogens with one attached hydrogen (secondary N) is 1. The molecule has 7 nitrogen and oxygen atoms in total. The Morgan fingerprint density at radius 3 is 1.85 bits per heavy atom. The van der Waals surface area contributed by atoms with E-state index < -0.39 is 11.9 Å². The second kappa shape index (κ2) is 10.4. The summed E-state index contributed by atoms with van der Waals surface area (Å²) in [6.07, 6.45) is 0. The first kappa shape index (κ1) is 21.5. The molecule has 0 aliphatic heterocycles. The minimum Gasteiger partial charge on any atom is -0.484 e. The monoisotopic (exact) mass is 365 g/mol. The molecule has 0 radical (unpaired) electrons. The molecule has 0 saturated heterocycles. The van der Waals surface area contributed by atoms with Crippen molar-refractivity contribution in [3.8, 4) is 5.75 Å². The molecule has 0 unspecified atom stereocenters. The fourth-order valence-electron chi connectivity index (χ4n) is 1.96. The number of carbonyl (C=O) groups is 3. The number of hydrogen-bond donors (Lipinski definition) is 1. The first-order chi connectivity index (χ1) is 12.3. The van der Waals surface area contributed by atoms with Crippen molar-refractivity contribution < 1.29 is 28.6 Å². The van der Waals surface area contributed by atoms with Gasteiger partial charge in [-0.3, -0.25) is 4.79 Å². The van der Waals surface area contributed by atoms with Crippen LogP contribution in [0.5, 0.6) is 5.75 Å². The number of rotatable bonds is 9. The zero-order valence-electron chi connectivity index (χ0n) is 16.0. The van der Waals surface area contributed by atoms with E-state index in [-0.39, 0.29) is 48.6 Å². The number of amides is 1. The maximum atomic E-state index is 12.0. The molecule has 1 amide bonds. The third-order valence-corrected chi connectivity index (χ3v) is 3.69. The van der Waals surface area contributed by atoms with Crippen LogP contribution in [0.1, 0.15) is 55.3 Å². The van der Waals surface area contributed by atoms with Crippen LogP contribution in [0.25, 0.3) is 0 Å². The van der Waals surface area contributed by atoms with Crippen LogP contribution in [0.2, 0.25) is 0 Å². The quantitative estimate of drug-likeness (QED) is 0.677. The molecule has 1 aromatic rings. The predicted molar refractivity (Wildman–Crippen MR) is 96.3 cm³/mol. The summed E-state index contributed by atoms with van der Waals surface area (Å²) in [6.45, 7) is 9.45. The summed E-state index contributed by atoms with van der Waals surface area (Å²) in [7, 11) is 0. The molecule has 0 spiro atoms. The normalized spacial score (nSPS) is 11.6. The van der Waals surface area contributed by atoms with E-state index in [0.717, 1.165) is 0 Å². The third-order valence-electron chi connectivity index (χ3n) is 3.69. The highest BCUT2D eigenvalue weighted by Crippen LogP contribution is 2.19. The van der Waals surface area contributed by atoms with Crippen LogP contribution in [-0.2, 0) is 14.3 Å². The van der Waals surface area contributed by atoms with Crippen molar-refractivity contribution in [2.45, 2.75) is 40.7 Å². The fraction of sp³-hybridized carbons (Fsp3) is 0.526. The van der Waals surface area contributed by atoms with Crippen molar-refractivity contribution in [3.63, 3.8) is 0 Å². The topological polar surface area (TPSA) is 90.9 Å². The van der Waals surface area contributed by atoms with Crippen LogP contribution in [0.15, 0.2) is 18.2 Å². The van der Waals surface area contributed by atoms with Crippen molar-refractivity contribution in [1.29, 1.82) is 0 Å². The molecule has 7 heteroatoms. The van der Waals surface area contributed by atoms with Crippen molar-refractivity contribution in [1.82, 2.24) is 5.32 Å². The lowest BCUT2D eigenvalue weighted by molar-refractivity contribution is -0.124. The average molecular weight is 365 g/mol. The maximum Gasteiger partial charge on any atom is 0.338 e. The van der Waals surface area contributed by atoms with E-state index in [1.54, 1.807) is 13.8 Å². The number of ether oxygens (including phenoxy) is 3. The maximum absolute atomic E-state index is 12.0. The molecule has 0 aromatic heterocycles. The summed E-state index contributed by atoms with van der Waals surface area (Å²) in [5, 5.41) is 2.82. The fourth-order valence-corrected chi connectivity index (χ4v) is 1.96. The molecule has 1 N–H and O–H groups in total. The van der Waals surface area contributed by atoms with E-state index >= 15 is 0 Å². The van der Waals surface area contributed by atoms with Crippen molar-refractivity contribution >= 4 is 17.8 Å². The van der Waals surface area contributed by atoms with Gasteiger partial charge in [-0.2, -0.15) is 0 Å². The molecule has 1 aromatic carbocycles. The van der Waals surface area contributed by atoms with Crippen molar-refractivity contribution in [2.75, 3.05) is 19.8 Å². The van der Waals surface area contributed by atoms with Gasteiger partial charge in [0.2, 0.25) is 0 Å². The Bertz CT molecular complexity index is 605. The second-order valence-electron chi connectivity index (χ2n) is 6.08. The number of hydrogen-bond acceptors (Lipinski definition) is 6. The molecule has 0 aliphatic rings. The van der Waals surface area contributed by atoms with Gasteiger partial charge in [0.05, 0.1) is 24.3 Å². The average Bonchev–Trinajstić information content (AvgIpc) is 2.60. The van der Waals surface area contributed by atoms with Gasteiger partial charge in [-0.15, -0.1) is 0 Å². The Morgan fingerprint density at radius 1 is 0.923 bits per heavy atom. The second-order valence-corrected chi connectivity index (χ2v) is 6.08. The van der Waals surface area contributed by atoms with E-state index in [1.165, 1.54) is 18.2 Å². The molecule has 0 fully saturated rings. The molecule has 0 heterocycles. The molecule has 0 saturated carbocycles. The lowest BCUT2D eigenvalue weighted by Crippen LogP contribution is -2.38. The van der Waals surface area contributed by atoms with Gasteiger partial charge >= 0.3 is 11.9 Å². The molecular weight excluding hydrogens is 338 g/mol. The highest BCUT2D eigenvalue weighted by atomic mass is 16.5. The first-order valence-electron chi connectivity index (χ1n) is 8.69. The van der Waals surface area contributed by atoms with E-state index in [9.17, 15) is 14.4 Å². The zero-order chi connectivity index (χ0) is 19.7. The van der Waals surface area contributed by atoms with Gasteiger partial charge in [0.1, 0.15) is 5.75 Å². The predicted octanol–water partition coefficient (Wildman–Crippen LogP) is 2.58. The Morgan fingerprint density at radius 2 is 1.42 bits per heavy atom. The summed E-state index contributed by atoms with van der Waals surface area (Å²) < 4.78 is 15.4. The molecule has 0 aliphatic carbocycles. The number of carbonyl (C=O) groups excluding carboxylic acids is 3. The largest absolute Gasteiger partial charge is 0.484 e. The molecule has 26 heavy (non-hydrogen) atoms. The van der Waals surface area contributed by atoms with Crippen LogP contribution in [0.4, 0.5) is 0 Å².